The fraction of sp³-hybridized carbons (Fsp3) is 0.667. The van der Waals surface area contributed by atoms with Gasteiger partial charge < -0.3 is 10.4 Å². The van der Waals surface area contributed by atoms with Crippen LogP contribution in [0.15, 0.2) is 12.7 Å². The van der Waals surface area contributed by atoms with Gasteiger partial charge in [0.15, 0.2) is 0 Å². The Hall–Kier alpha value is -1.32. The third-order valence-corrected chi connectivity index (χ3v) is 3.47. The number of nitrogens with one attached hydrogen (secondary N) is 1. The van der Waals surface area contributed by atoms with E-state index in [4.69, 9.17) is 0 Å². The fourth-order valence-electron chi connectivity index (χ4n) is 2.11. The van der Waals surface area contributed by atoms with E-state index in [9.17, 15) is 14.7 Å². The SMILES string of the molecule is C=CC(=O)NCC1(C(=O)O)CCC(C)CC1. The Bertz CT molecular complexity index is 291. The molecule has 0 bridgehead atoms. The number of aliphatic carboxylic acids is 1. The molecule has 0 aliphatic heterocycles. The molecular formula is C12H19NO3. The van der Waals surface area contributed by atoms with E-state index in [1.54, 1.807) is 0 Å². The summed E-state index contributed by atoms with van der Waals surface area (Å²) in [7, 11) is 0. The second-order valence-corrected chi connectivity index (χ2v) is 4.69. The van der Waals surface area contributed by atoms with Crippen LogP contribution in [0.4, 0.5) is 0 Å². The van der Waals surface area contributed by atoms with Crippen molar-refractivity contribution in [3.05, 3.63) is 12.7 Å². The van der Waals surface area contributed by atoms with Gasteiger partial charge in [0.2, 0.25) is 5.91 Å². The van der Waals surface area contributed by atoms with Crippen LogP contribution >= 0.6 is 0 Å². The number of rotatable bonds is 4. The number of carboxylic acid groups (broad SMARTS) is 1. The van der Waals surface area contributed by atoms with Gasteiger partial charge in [0, 0.05) is 6.54 Å². The Morgan fingerprint density at radius 2 is 2.06 bits per heavy atom. The van der Waals surface area contributed by atoms with E-state index in [2.05, 4.69) is 18.8 Å². The standard InChI is InChI=1S/C12H19NO3/c1-3-10(14)13-8-12(11(15)16)6-4-9(2)5-7-12/h3,9H,1,4-8H2,2H3,(H,13,14)(H,15,16). The number of carbonyl (C=O) groups excluding carboxylic acids is 1. The minimum Gasteiger partial charge on any atom is -0.481 e. The van der Waals surface area contributed by atoms with E-state index >= 15 is 0 Å². The highest BCUT2D eigenvalue weighted by atomic mass is 16.4. The summed E-state index contributed by atoms with van der Waals surface area (Å²) in [5.74, 6) is -0.523. The van der Waals surface area contributed by atoms with Gasteiger partial charge in [-0.15, -0.1) is 0 Å². The maximum atomic E-state index is 11.3. The van der Waals surface area contributed by atoms with Crippen molar-refractivity contribution in [1.82, 2.24) is 5.32 Å². The maximum Gasteiger partial charge on any atom is 0.311 e. The molecule has 0 aromatic rings. The first-order valence-electron chi connectivity index (χ1n) is 5.64. The van der Waals surface area contributed by atoms with Crippen molar-refractivity contribution in [1.29, 1.82) is 0 Å². The first-order valence-corrected chi connectivity index (χ1v) is 5.64. The molecule has 4 heteroatoms. The van der Waals surface area contributed by atoms with E-state index in [-0.39, 0.29) is 12.5 Å². The van der Waals surface area contributed by atoms with Crippen LogP contribution in [0.25, 0.3) is 0 Å². The van der Waals surface area contributed by atoms with Gasteiger partial charge in [-0.25, -0.2) is 0 Å². The zero-order chi connectivity index (χ0) is 12.2. The summed E-state index contributed by atoms with van der Waals surface area (Å²) in [6, 6.07) is 0. The predicted molar refractivity (Wildman–Crippen MR) is 60.9 cm³/mol. The summed E-state index contributed by atoms with van der Waals surface area (Å²) in [5.41, 5.74) is -0.773. The molecule has 1 saturated carbocycles. The molecule has 0 saturated heterocycles. The van der Waals surface area contributed by atoms with Crippen LogP contribution in [0.5, 0.6) is 0 Å². The van der Waals surface area contributed by atoms with E-state index in [0.29, 0.717) is 18.8 Å². The van der Waals surface area contributed by atoms with Gasteiger partial charge >= 0.3 is 5.97 Å². The molecule has 16 heavy (non-hydrogen) atoms. The quantitative estimate of drug-likeness (QED) is 0.714. The molecule has 1 aliphatic carbocycles. The average Bonchev–Trinajstić information content (AvgIpc) is 2.28. The van der Waals surface area contributed by atoms with Crippen molar-refractivity contribution >= 4 is 11.9 Å². The van der Waals surface area contributed by atoms with Gasteiger partial charge in [-0.2, -0.15) is 0 Å². The van der Waals surface area contributed by atoms with Crippen LogP contribution in [0.1, 0.15) is 32.6 Å². The number of amides is 1. The summed E-state index contributed by atoms with van der Waals surface area (Å²) in [5, 5.41) is 11.9. The lowest BCUT2D eigenvalue weighted by atomic mass is 9.71. The van der Waals surface area contributed by atoms with Crippen molar-refractivity contribution < 1.29 is 14.7 Å². The minimum absolute atomic E-state index is 0.208. The molecule has 0 radical (unpaired) electrons. The van der Waals surface area contributed by atoms with Crippen LogP contribution < -0.4 is 5.32 Å². The van der Waals surface area contributed by atoms with Crippen LogP contribution in [-0.2, 0) is 9.59 Å². The van der Waals surface area contributed by atoms with Gasteiger partial charge in [-0.05, 0) is 37.7 Å². The maximum absolute atomic E-state index is 11.3. The Balaban J connectivity index is 2.63. The van der Waals surface area contributed by atoms with Gasteiger partial charge in [0.1, 0.15) is 0 Å². The van der Waals surface area contributed by atoms with E-state index in [1.165, 1.54) is 6.08 Å². The molecule has 90 valence electrons. The van der Waals surface area contributed by atoms with Gasteiger partial charge in [0.05, 0.1) is 5.41 Å². The summed E-state index contributed by atoms with van der Waals surface area (Å²) >= 11 is 0. The molecule has 0 heterocycles. The Kier molecular flexibility index (Phi) is 4.10. The molecule has 1 fully saturated rings. The highest BCUT2D eigenvalue weighted by Gasteiger charge is 2.41. The predicted octanol–water partition coefficient (Wildman–Crippen LogP) is 1.57. The van der Waals surface area contributed by atoms with Crippen molar-refractivity contribution in [3.63, 3.8) is 0 Å². The zero-order valence-corrected chi connectivity index (χ0v) is 9.66. The van der Waals surface area contributed by atoms with Crippen LogP contribution in [0.3, 0.4) is 0 Å². The van der Waals surface area contributed by atoms with Gasteiger partial charge in [0.25, 0.3) is 0 Å². The molecular weight excluding hydrogens is 206 g/mol. The van der Waals surface area contributed by atoms with Crippen LogP contribution in [-0.4, -0.2) is 23.5 Å². The van der Waals surface area contributed by atoms with Gasteiger partial charge in [-0.1, -0.05) is 13.5 Å². The van der Waals surface area contributed by atoms with E-state index in [1.807, 2.05) is 0 Å². The molecule has 2 N–H and O–H groups in total. The monoisotopic (exact) mass is 225 g/mol. The van der Waals surface area contributed by atoms with Crippen molar-refractivity contribution in [2.75, 3.05) is 6.54 Å². The molecule has 1 rings (SSSR count). The lowest BCUT2D eigenvalue weighted by molar-refractivity contribution is -0.151. The first kappa shape index (κ1) is 12.7. The molecule has 4 nitrogen and oxygen atoms in total. The largest absolute Gasteiger partial charge is 0.481 e. The van der Waals surface area contributed by atoms with Gasteiger partial charge in [-0.3, -0.25) is 9.59 Å². The second-order valence-electron chi connectivity index (χ2n) is 4.69. The number of hydrogen-bond acceptors (Lipinski definition) is 2. The number of carbonyl (C=O) groups is 2. The number of carboxylic acids is 1. The van der Waals surface area contributed by atoms with E-state index in [0.717, 1.165) is 12.8 Å². The second kappa shape index (κ2) is 5.14. The van der Waals surface area contributed by atoms with Crippen LogP contribution in [0, 0.1) is 11.3 Å². The third kappa shape index (κ3) is 2.84. The normalized spacial score (nSPS) is 29.4. The molecule has 0 aromatic carbocycles. The molecule has 0 spiro atoms. The molecule has 1 aliphatic rings. The van der Waals surface area contributed by atoms with E-state index < -0.39 is 11.4 Å². The average molecular weight is 225 g/mol. The summed E-state index contributed by atoms with van der Waals surface area (Å²) in [4.78, 5) is 22.4. The Labute approximate surface area is 95.7 Å². The lowest BCUT2D eigenvalue weighted by Gasteiger charge is -2.35. The molecule has 1 amide bonds. The third-order valence-electron chi connectivity index (χ3n) is 3.47. The first-order chi connectivity index (χ1) is 7.50. The minimum atomic E-state index is -0.802. The van der Waals surface area contributed by atoms with Crippen molar-refractivity contribution in [2.45, 2.75) is 32.6 Å². The smallest absolute Gasteiger partial charge is 0.311 e. The molecule has 0 atom stereocenters. The van der Waals surface area contributed by atoms with Crippen LogP contribution in [0.2, 0.25) is 0 Å². The molecule has 0 unspecified atom stereocenters. The zero-order valence-electron chi connectivity index (χ0n) is 9.66. The highest BCUT2D eigenvalue weighted by Crippen LogP contribution is 2.38. The molecule has 0 aromatic heterocycles. The number of hydrogen-bond donors (Lipinski definition) is 2. The Morgan fingerprint density at radius 1 is 1.50 bits per heavy atom. The summed E-state index contributed by atoms with van der Waals surface area (Å²) in [6.45, 7) is 5.69. The lowest BCUT2D eigenvalue weighted by Crippen LogP contribution is -2.44. The Morgan fingerprint density at radius 3 is 2.50 bits per heavy atom. The fourth-order valence-corrected chi connectivity index (χ4v) is 2.11. The van der Waals surface area contributed by atoms with Crippen molar-refractivity contribution in [2.24, 2.45) is 11.3 Å². The topological polar surface area (TPSA) is 66.4 Å². The summed E-state index contributed by atoms with van der Waals surface area (Å²) < 4.78 is 0. The highest BCUT2D eigenvalue weighted by molar-refractivity contribution is 5.87. The van der Waals surface area contributed by atoms with Crippen molar-refractivity contribution in [3.8, 4) is 0 Å². The summed E-state index contributed by atoms with van der Waals surface area (Å²) in [6.07, 6.45) is 4.27.